The molecule has 18 heavy (non-hydrogen) atoms. The molecule has 0 spiro atoms. The molecule has 0 bridgehead atoms. The molecule has 1 aromatic rings. The number of halogens is 1. The minimum Gasteiger partial charge on any atom is -0.342 e. The number of hydrogen-bond donors (Lipinski definition) is 0. The standard InChI is InChI=1S/C13H15BrN2O2/c1-9-12(17)15(2)7-8-16(9)13(18)10-3-5-11(14)6-4-10/h3-6,9H,7-8H2,1-2H3. The predicted octanol–water partition coefficient (Wildman–Crippen LogP) is 1.75. The molecule has 1 fully saturated rings. The summed E-state index contributed by atoms with van der Waals surface area (Å²) in [5, 5.41) is 0. The first-order valence-electron chi connectivity index (χ1n) is 5.82. The van der Waals surface area contributed by atoms with Crippen molar-refractivity contribution in [1.29, 1.82) is 0 Å². The van der Waals surface area contributed by atoms with Crippen LogP contribution in [0.15, 0.2) is 28.7 Å². The molecule has 1 atom stereocenters. The van der Waals surface area contributed by atoms with Gasteiger partial charge in [0.05, 0.1) is 0 Å². The van der Waals surface area contributed by atoms with E-state index in [0.717, 1.165) is 4.47 Å². The van der Waals surface area contributed by atoms with E-state index in [4.69, 9.17) is 0 Å². The Morgan fingerprint density at radius 1 is 1.28 bits per heavy atom. The van der Waals surface area contributed by atoms with E-state index in [-0.39, 0.29) is 17.9 Å². The van der Waals surface area contributed by atoms with Crippen LogP contribution in [0.4, 0.5) is 0 Å². The number of piperazine rings is 1. The van der Waals surface area contributed by atoms with Gasteiger partial charge in [-0.05, 0) is 31.2 Å². The van der Waals surface area contributed by atoms with E-state index in [1.807, 2.05) is 12.1 Å². The molecule has 2 rings (SSSR count). The van der Waals surface area contributed by atoms with Gasteiger partial charge in [0, 0.05) is 30.2 Å². The highest BCUT2D eigenvalue weighted by Gasteiger charge is 2.32. The number of carbonyl (C=O) groups excluding carboxylic acids is 2. The van der Waals surface area contributed by atoms with Crippen molar-refractivity contribution in [2.24, 2.45) is 0 Å². The molecule has 1 unspecified atom stereocenters. The maximum Gasteiger partial charge on any atom is 0.254 e. The molecule has 0 saturated carbocycles. The van der Waals surface area contributed by atoms with E-state index in [9.17, 15) is 9.59 Å². The van der Waals surface area contributed by atoms with Crippen molar-refractivity contribution in [3.05, 3.63) is 34.3 Å². The average Bonchev–Trinajstić information content (AvgIpc) is 2.36. The maximum atomic E-state index is 12.3. The van der Waals surface area contributed by atoms with Crippen molar-refractivity contribution in [2.45, 2.75) is 13.0 Å². The average molecular weight is 311 g/mol. The Morgan fingerprint density at radius 3 is 2.50 bits per heavy atom. The molecule has 0 radical (unpaired) electrons. The summed E-state index contributed by atoms with van der Waals surface area (Å²) in [6.07, 6.45) is 0. The van der Waals surface area contributed by atoms with Crippen molar-refractivity contribution in [1.82, 2.24) is 9.80 Å². The molecule has 5 heteroatoms. The third-order valence-electron chi connectivity index (χ3n) is 3.23. The van der Waals surface area contributed by atoms with Gasteiger partial charge >= 0.3 is 0 Å². The highest BCUT2D eigenvalue weighted by Crippen LogP contribution is 2.16. The number of nitrogens with zero attached hydrogens (tertiary/aromatic N) is 2. The summed E-state index contributed by atoms with van der Waals surface area (Å²) >= 11 is 3.33. The first kappa shape index (κ1) is 13.1. The molecular formula is C13H15BrN2O2. The molecule has 2 amide bonds. The quantitative estimate of drug-likeness (QED) is 0.793. The third-order valence-corrected chi connectivity index (χ3v) is 3.76. The lowest BCUT2D eigenvalue weighted by molar-refractivity contribution is -0.137. The van der Waals surface area contributed by atoms with Crippen molar-refractivity contribution < 1.29 is 9.59 Å². The number of rotatable bonds is 1. The molecular weight excluding hydrogens is 296 g/mol. The first-order valence-corrected chi connectivity index (χ1v) is 6.61. The van der Waals surface area contributed by atoms with Gasteiger partial charge in [-0.2, -0.15) is 0 Å². The zero-order valence-corrected chi connectivity index (χ0v) is 12.0. The molecule has 96 valence electrons. The number of amides is 2. The summed E-state index contributed by atoms with van der Waals surface area (Å²) in [6, 6.07) is 6.80. The van der Waals surface area contributed by atoms with Gasteiger partial charge in [-0.15, -0.1) is 0 Å². The van der Waals surface area contributed by atoms with E-state index in [2.05, 4.69) is 15.9 Å². The topological polar surface area (TPSA) is 40.6 Å². The van der Waals surface area contributed by atoms with E-state index < -0.39 is 0 Å². The van der Waals surface area contributed by atoms with Gasteiger partial charge in [0.25, 0.3) is 5.91 Å². The zero-order chi connectivity index (χ0) is 13.3. The van der Waals surface area contributed by atoms with Crippen LogP contribution in [-0.2, 0) is 4.79 Å². The number of hydrogen-bond acceptors (Lipinski definition) is 2. The number of likely N-dealkylation sites (N-methyl/N-ethyl adjacent to an activating group) is 1. The summed E-state index contributed by atoms with van der Waals surface area (Å²) in [7, 11) is 1.76. The van der Waals surface area contributed by atoms with Crippen LogP contribution in [0.3, 0.4) is 0 Å². The zero-order valence-electron chi connectivity index (χ0n) is 10.4. The third kappa shape index (κ3) is 2.41. The summed E-state index contributed by atoms with van der Waals surface area (Å²) in [5.41, 5.74) is 0.613. The van der Waals surface area contributed by atoms with Crippen LogP contribution >= 0.6 is 15.9 Å². The smallest absolute Gasteiger partial charge is 0.254 e. The number of benzene rings is 1. The van der Waals surface area contributed by atoms with E-state index >= 15 is 0 Å². The van der Waals surface area contributed by atoms with Crippen LogP contribution in [0.2, 0.25) is 0 Å². The summed E-state index contributed by atoms with van der Waals surface area (Å²) in [4.78, 5) is 27.5. The molecule has 0 aromatic heterocycles. The fourth-order valence-corrected chi connectivity index (χ4v) is 2.31. The molecule has 1 aromatic carbocycles. The monoisotopic (exact) mass is 310 g/mol. The van der Waals surface area contributed by atoms with Crippen molar-refractivity contribution >= 4 is 27.7 Å². The second-order valence-electron chi connectivity index (χ2n) is 4.44. The van der Waals surface area contributed by atoms with Crippen LogP contribution in [0, 0.1) is 0 Å². The van der Waals surface area contributed by atoms with Gasteiger partial charge < -0.3 is 9.80 Å². The summed E-state index contributed by atoms with van der Waals surface area (Å²) in [6.45, 7) is 2.94. The van der Waals surface area contributed by atoms with Gasteiger partial charge in [-0.1, -0.05) is 15.9 Å². The summed E-state index contributed by atoms with van der Waals surface area (Å²) in [5.74, 6) is -0.0943. The van der Waals surface area contributed by atoms with Gasteiger partial charge in [-0.25, -0.2) is 0 Å². The Hall–Kier alpha value is -1.36. The normalized spacial score (nSPS) is 20.2. The molecule has 4 nitrogen and oxygen atoms in total. The Morgan fingerprint density at radius 2 is 1.89 bits per heavy atom. The van der Waals surface area contributed by atoms with Crippen LogP contribution in [-0.4, -0.2) is 47.8 Å². The van der Waals surface area contributed by atoms with Gasteiger partial charge in [0.2, 0.25) is 5.91 Å². The Kier molecular flexibility index (Phi) is 3.71. The van der Waals surface area contributed by atoms with E-state index in [1.54, 1.807) is 35.9 Å². The first-order chi connectivity index (χ1) is 8.50. The predicted molar refractivity (Wildman–Crippen MR) is 72.3 cm³/mol. The maximum absolute atomic E-state index is 12.3. The van der Waals surface area contributed by atoms with Crippen molar-refractivity contribution in [3.8, 4) is 0 Å². The molecule has 0 aliphatic carbocycles. The molecule has 1 aliphatic rings. The minimum absolute atomic E-state index is 0.00767. The highest BCUT2D eigenvalue weighted by molar-refractivity contribution is 9.10. The Balaban J connectivity index is 2.19. The van der Waals surface area contributed by atoms with Crippen LogP contribution < -0.4 is 0 Å². The SMILES string of the molecule is CC1C(=O)N(C)CCN1C(=O)c1ccc(Br)cc1. The fraction of sp³-hybridized carbons (Fsp3) is 0.385. The lowest BCUT2D eigenvalue weighted by Gasteiger charge is -2.37. The Bertz CT molecular complexity index is 472. The molecule has 1 heterocycles. The number of carbonyl (C=O) groups is 2. The van der Waals surface area contributed by atoms with E-state index in [0.29, 0.717) is 18.7 Å². The largest absolute Gasteiger partial charge is 0.342 e. The summed E-state index contributed by atoms with van der Waals surface area (Å²) < 4.78 is 0.932. The van der Waals surface area contributed by atoms with Gasteiger partial charge in [0.15, 0.2) is 0 Å². The highest BCUT2D eigenvalue weighted by atomic mass is 79.9. The fourth-order valence-electron chi connectivity index (χ4n) is 2.05. The lowest BCUT2D eigenvalue weighted by Crippen LogP contribution is -2.56. The van der Waals surface area contributed by atoms with Crippen LogP contribution in [0.5, 0.6) is 0 Å². The second-order valence-corrected chi connectivity index (χ2v) is 5.36. The van der Waals surface area contributed by atoms with Crippen molar-refractivity contribution in [3.63, 3.8) is 0 Å². The Labute approximate surface area is 115 Å². The minimum atomic E-state index is -0.389. The molecule has 1 aliphatic heterocycles. The second kappa shape index (κ2) is 5.10. The van der Waals surface area contributed by atoms with Crippen LogP contribution in [0.1, 0.15) is 17.3 Å². The molecule has 1 saturated heterocycles. The van der Waals surface area contributed by atoms with E-state index in [1.165, 1.54) is 0 Å². The van der Waals surface area contributed by atoms with Gasteiger partial charge in [0.1, 0.15) is 6.04 Å². The molecule has 0 N–H and O–H groups in total. The van der Waals surface area contributed by atoms with Crippen LogP contribution in [0.25, 0.3) is 0 Å². The van der Waals surface area contributed by atoms with Crippen molar-refractivity contribution in [2.75, 3.05) is 20.1 Å². The lowest BCUT2D eigenvalue weighted by atomic mass is 10.1. The van der Waals surface area contributed by atoms with Gasteiger partial charge in [-0.3, -0.25) is 9.59 Å².